The third-order valence-electron chi connectivity index (χ3n) is 5.47. The van der Waals surface area contributed by atoms with Crippen LogP contribution in [0, 0.1) is 18.3 Å². The molecule has 1 aliphatic heterocycles. The lowest BCUT2D eigenvalue weighted by Gasteiger charge is -2.33. The number of piperazine rings is 1. The number of nitrogens with zero attached hydrogens (tertiary/aromatic N) is 3. The molecule has 1 amide bonds. The second-order valence-electron chi connectivity index (χ2n) is 7.76. The maximum atomic E-state index is 12.8. The van der Waals surface area contributed by atoms with Crippen LogP contribution in [-0.2, 0) is 21.2 Å². The third kappa shape index (κ3) is 6.34. The first kappa shape index (κ1) is 24.3. The van der Waals surface area contributed by atoms with Crippen molar-refractivity contribution >= 4 is 15.9 Å². The number of benzene rings is 2. The van der Waals surface area contributed by atoms with Gasteiger partial charge in [-0.15, -0.1) is 0 Å². The lowest BCUT2D eigenvalue weighted by atomic mass is 10.1. The molecule has 1 fully saturated rings. The largest absolute Gasteiger partial charge is 0.497 e. The highest BCUT2D eigenvalue weighted by molar-refractivity contribution is 7.89. The van der Waals surface area contributed by atoms with E-state index in [2.05, 4.69) is 5.32 Å². The molecule has 1 heterocycles. The number of ether oxygens (including phenoxy) is 1. The van der Waals surface area contributed by atoms with Gasteiger partial charge in [-0.25, -0.2) is 8.42 Å². The van der Waals surface area contributed by atoms with Gasteiger partial charge in [-0.3, -0.25) is 4.79 Å². The van der Waals surface area contributed by atoms with Gasteiger partial charge >= 0.3 is 0 Å². The molecular weight excluding hydrogens is 440 g/mol. The number of hydrogen-bond donors (Lipinski definition) is 1. The minimum atomic E-state index is -3.56. The van der Waals surface area contributed by atoms with Crippen LogP contribution in [0.1, 0.15) is 11.1 Å². The summed E-state index contributed by atoms with van der Waals surface area (Å²) in [5.41, 5.74) is 2.04. The summed E-state index contributed by atoms with van der Waals surface area (Å²) in [4.78, 5) is 14.5. The monoisotopic (exact) mass is 468 g/mol. The molecule has 33 heavy (non-hydrogen) atoms. The van der Waals surface area contributed by atoms with Crippen molar-refractivity contribution in [3.63, 3.8) is 0 Å². The van der Waals surface area contributed by atoms with Crippen LogP contribution >= 0.6 is 0 Å². The first-order valence-electron chi connectivity index (χ1n) is 10.7. The first-order chi connectivity index (χ1) is 15.8. The highest BCUT2D eigenvalue weighted by atomic mass is 32.2. The van der Waals surface area contributed by atoms with E-state index >= 15 is 0 Å². The second-order valence-corrected chi connectivity index (χ2v) is 9.70. The summed E-state index contributed by atoms with van der Waals surface area (Å²) in [7, 11) is -1.96. The molecule has 0 aromatic heterocycles. The fourth-order valence-electron chi connectivity index (χ4n) is 3.46. The summed E-state index contributed by atoms with van der Waals surface area (Å²) < 4.78 is 32.2. The van der Waals surface area contributed by atoms with Crippen LogP contribution in [0.25, 0.3) is 0 Å². The molecule has 0 spiro atoms. The van der Waals surface area contributed by atoms with Gasteiger partial charge in [0, 0.05) is 38.9 Å². The molecule has 0 radical (unpaired) electrons. The predicted octanol–water partition coefficient (Wildman–Crippen LogP) is 2.08. The SMILES string of the molecule is COc1ccc(CCNC(=O)/C(C#N)=C\N2CCN(S(=O)(=O)c3ccc(C)cc3)CC2)cc1. The Labute approximate surface area is 195 Å². The molecule has 2 aromatic rings. The van der Waals surface area contributed by atoms with Gasteiger partial charge in [0.1, 0.15) is 17.4 Å². The van der Waals surface area contributed by atoms with E-state index in [1.54, 1.807) is 31.4 Å². The smallest absolute Gasteiger partial charge is 0.263 e. The summed E-state index contributed by atoms with van der Waals surface area (Å²) in [5, 5.41) is 12.2. The maximum absolute atomic E-state index is 12.8. The van der Waals surface area contributed by atoms with Crippen LogP contribution in [-0.4, -0.2) is 63.4 Å². The normalized spacial score (nSPS) is 15.1. The zero-order chi connectivity index (χ0) is 23.8. The molecule has 1 N–H and O–H groups in total. The van der Waals surface area contributed by atoms with E-state index < -0.39 is 15.9 Å². The van der Waals surface area contributed by atoms with E-state index in [9.17, 15) is 18.5 Å². The highest BCUT2D eigenvalue weighted by Gasteiger charge is 2.28. The van der Waals surface area contributed by atoms with Crippen molar-refractivity contribution in [3.05, 3.63) is 71.4 Å². The number of rotatable bonds is 8. The van der Waals surface area contributed by atoms with Crippen molar-refractivity contribution in [2.75, 3.05) is 39.8 Å². The number of carbonyl (C=O) groups is 1. The van der Waals surface area contributed by atoms with Gasteiger partial charge < -0.3 is 15.0 Å². The molecule has 0 atom stereocenters. The second kappa shape index (κ2) is 11.0. The van der Waals surface area contributed by atoms with Gasteiger partial charge in [0.15, 0.2) is 0 Å². The van der Waals surface area contributed by atoms with Gasteiger partial charge in [-0.05, 0) is 43.2 Å². The Morgan fingerprint density at radius 1 is 1.09 bits per heavy atom. The molecule has 9 heteroatoms. The van der Waals surface area contributed by atoms with Crippen molar-refractivity contribution in [2.45, 2.75) is 18.2 Å². The van der Waals surface area contributed by atoms with Crippen LogP contribution in [0.5, 0.6) is 5.75 Å². The predicted molar refractivity (Wildman–Crippen MR) is 125 cm³/mol. The van der Waals surface area contributed by atoms with Gasteiger partial charge in [-0.2, -0.15) is 9.57 Å². The molecule has 0 aliphatic carbocycles. The highest BCUT2D eigenvalue weighted by Crippen LogP contribution is 2.18. The van der Waals surface area contributed by atoms with E-state index in [0.717, 1.165) is 16.9 Å². The Kier molecular flexibility index (Phi) is 8.09. The molecule has 8 nitrogen and oxygen atoms in total. The summed E-state index contributed by atoms with van der Waals surface area (Å²) >= 11 is 0. The molecule has 0 unspecified atom stereocenters. The molecule has 0 saturated carbocycles. The summed E-state index contributed by atoms with van der Waals surface area (Å²) in [5.74, 6) is 0.324. The minimum absolute atomic E-state index is 0.000396. The number of aryl methyl sites for hydroxylation is 1. The standard InChI is InChI=1S/C24H28N4O4S/c1-19-3-9-23(10-4-19)33(30,31)28-15-13-27(14-16-28)18-21(17-25)24(29)26-12-11-20-5-7-22(32-2)8-6-20/h3-10,18H,11-16H2,1-2H3,(H,26,29)/b21-18-. The molecule has 1 saturated heterocycles. The Bertz CT molecular complexity index is 1130. The van der Waals surface area contributed by atoms with E-state index in [4.69, 9.17) is 4.74 Å². The van der Waals surface area contributed by atoms with E-state index in [-0.39, 0.29) is 23.6 Å². The number of carbonyl (C=O) groups excluding carboxylic acids is 1. The Balaban J connectivity index is 1.52. The third-order valence-corrected chi connectivity index (χ3v) is 7.38. The van der Waals surface area contributed by atoms with Gasteiger partial charge in [0.25, 0.3) is 5.91 Å². The maximum Gasteiger partial charge on any atom is 0.263 e. The van der Waals surface area contributed by atoms with Crippen LogP contribution < -0.4 is 10.1 Å². The van der Waals surface area contributed by atoms with Gasteiger partial charge in [0.05, 0.1) is 12.0 Å². The number of amides is 1. The van der Waals surface area contributed by atoms with Gasteiger partial charge in [0.2, 0.25) is 10.0 Å². The number of nitrogens with one attached hydrogen (secondary N) is 1. The zero-order valence-corrected chi connectivity index (χ0v) is 19.6. The Hall–Kier alpha value is -3.35. The molecule has 2 aromatic carbocycles. The van der Waals surface area contributed by atoms with Crippen molar-refractivity contribution < 1.29 is 17.9 Å². The average molecular weight is 469 g/mol. The summed E-state index contributed by atoms with van der Waals surface area (Å²) in [6, 6.07) is 16.3. The average Bonchev–Trinajstić information content (AvgIpc) is 2.83. The molecule has 174 valence electrons. The Morgan fingerprint density at radius 3 is 2.30 bits per heavy atom. The van der Waals surface area contributed by atoms with E-state index in [1.807, 2.05) is 42.2 Å². The van der Waals surface area contributed by atoms with Crippen molar-refractivity contribution in [1.82, 2.24) is 14.5 Å². The molecular formula is C24H28N4O4S. The summed E-state index contributed by atoms with van der Waals surface area (Å²) in [6.45, 7) is 3.66. The van der Waals surface area contributed by atoms with Crippen LogP contribution in [0.15, 0.2) is 65.2 Å². The fraction of sp³-hybridized carbons (Fsp3) is 0.333. The summed E-state index contributed by atoms with van der Waals surface area (Å²) in [6.07, 6.45) is 2.14. The number of hydrogen-bond acceptors (Lipinski definition) is 6. The number of sulfonamides is 1. The van der Waals surface area contributed by atoms with Crippen LogP contribution in [0.3, 0.4) is 0 Å². The van der Waals surface area contributed by atoms with E-state index in [1.165, 1.54) is 10.5 Å². The van der Waals surface area contributed by atoms with E-state index in [0.29, 0.717) is 26.1 Å². The Morgan fingerprint density at radius 2 is 1.73 bits per heavy atom. The topological polar surface area (TPSA) is 103 Å². The quantitative estimate of drug-likeness (QED) is 0.470. The van der Waals surface area contributed by atoms with Crippen LogP contribution in [0.2, 0.25) is 0 Å². The minimum Gasteiger partial charge on any atom is -0.497 e. The fourth-order valence-corrected chi connectivity index (χ4v) is 4.88. The first-order valence-corrected chi connectivity index (χ1v) is 12.1. The van der Waals surface area contributed by atoms with Gasteiger partial charge in [-0.1, -0.05) is 29.8 Å². The molecule has 1 aliphatic rings. The van der Waals surface area contributed by atoms with Crippen molar-refractivity contribution in [2.24, 2.45) is 0 Å². The number of nitriles is 1. The zero-order valence-electron chi connectivity index (χ0n) is 18.8. The van der Waals surface area contributed by atoms with Crippen LogP contribution in [0.4, 0.5) is 0 Å². The number of methoxy groups -OCH3 is 1. The molecule has 0 bridgehead atoms. The lowest BCUT2D eigenvalue weighted by molar-refractivity contribution is -0.117. The van der Waals surface area contributed by atoms with Crippen molar-refractivity contribution in [1.29, 1.82) is 5.26 Å². The van der Waals surface area contributed by atoms with Crippen molar-refractivity contribution in [3.8, 4) is 11.8 Å². The lowest BCUT2D eigenvalue weighted by Crippen LogP contribution is -2.47. The molecule has 3 rings (SSSR count).